The van der Waals surface area contributed by atoms with E-state index in [1.165, 1.54) is 0 Å². The number of nitrogens with one attached hydrogen (secondary N) is 1. The lowest BCUT2D eigenvalue weighted by Crippen LogP contribution is -2.22. The summed E-state index contributed by atoms with van der Waals surface area (Å²) in [4.78, 5) is 4.47. The zero-order valence-electron chi connectivity index (χ0n) is 12.0. The molecule has 0 unspecified atom stereocenters. The molecule has 0 bridgehead atoms. The predicted octanol–water partition coefficient (Wildman–Crippen LogP) is 4.33. The second kappa shape index (κ2) is 6.73. The quantitative estimate of drug-likeness (QED) is 0.890. The summed E-state index contributed by atoms with van der Waals surface area (Å²) in [6.07, 6.45) is 0. The van der Waals surface area contributed by atoms with Gasteiger partial charge in [0.15, 0.2) is 0 Å². The first-order chi connectivity index (χ1) is 9.54. The first kappa shape index (κ1) is 14.8. The summed E-state index contributed by atoms with van der Waals surface area (Å²) in [7, 11) is 0. The SMILES string of the molecule is Cc1ccc(Cl)c(Oc2cccc(CNC(C)C)n2)c1. The van der Waals surface area contributed by atoms with Crippen molar-refractivity contribution in [1.29, 1.82) is 0 Å². The van der Waals surface area contributed by atoms with Crippen LogP contribution in [-0.2, 0) is 6.54 Å². The highest BCUT2D eigenvalue weighted by atomic mass is 35.5. The van der Waals surface area contributed by atoms with Crippen molar-refractivity contribution in [2.24, 2.45) is 0 Å². The predicted molar refractivity (Wildman–Crippen MR) is 82.5 cm³/mol. The highest BCUT2D eigenvalue weighted by Crippen LogP contribution is 2.29. The zero-order valence-corrected chi connectivity index (χ0v) is 12.7. The van der Waals surface area contributed by atoms with Crippen molar-refractivity contribution in [3.8, 4) is 11.6 Å². The lowest BCUT2D eigenvalue weighted by atomic mass is 10.2. The van der Waals surface area contributed by atoms with E-state index in [9.17, 15) is 0 Å². The van der Waals surface area contributed by atoms with E-state index in [0.717, 1.165) is 17.8 Å². The molecule has 0 aliphatic heterocycles. The van der Waals surface area contributed by atoms with Crippen LogP contribution < -0.4 is 10.1 Å². The maximum atomic E-state index is 6.12. The number of rotatable bonds is 5. The molecule has 2 aromatic rings. The van der Waals surface area contributed by atoms with E-state index in [1.54, 1.807) is 0 Å². The molecule has 1 aromatic carbocycles. The van der Waals surface area contributed by atoms with Crippen molar-refractivity contribution in [1.82, 2.24) is 10.3 Å². The van der Waals surface area contributed by atoms with Crippen LogP contribution >= 0.6 is 11.6 Å². The average molecular weight is 291 g/mol. The van der Waals surface area contributed by atoms with E-state index in [-0.39, 0.29) is 0 Å². The number of aryl methyl sites for hydroxylation is 1. The van der Waals surface area contributed by atoms with E-state index in [1.807, 2.05) is 43.3 Å². The molecule has 0 radical (unpaired) electrons. The second-order valence-corrected chi connectivity index (χ2v) is 5.45. The first-order valence-corrected chi connectivity index (χ1v) is 7.05. The third-order valence-corrected chi connectivity index (χ3v) is 3.09. The summed E-state index contributed by atoms with van der Waals surface area (Å²) in [5.41, 5.74) is 2.04. The Hall–Kier alpha value is -1.58. The topological polar surface area (TPSA) is 34.1 Å². The third-order valence-electron chi connectivity index (χ3n) is 2.77. The molecule has 106 valence electrons. The number of benzene rings is 1. The van der Waals surface area contributed by atoms with Gasteiger partial charge in [0.05, 0.1) is 10.7 Å². The van der Waals surface area contributed by atoms with Gasteiger partial charge in [0.1, 0.15) is 5.75 Å². The van der Waals surface area contributed by atoms with Gasteiger partial charge in [0, 0.05) is 18.7 Å². The van der Waals surface area contributed by atoms with E-state index in [0.29, 0.717) is 22.7 Å². The maximum absolute atomic E-state index is 6.12. The smallest absolute Gasteiger partial charge is 0.219 e. The van der Waals surface area contributed by atoms with Crippen molar-refractivity contribution in [3.05, 3.63) is 52.7 Å². The molecule has 0 atom stereocenters. The van der Waals surface area contributed by atoms with Gasteiger partial charge in [-0.2, -0.15) is 0 Å². The van der Waals surface area contributed by atoms with Gasteiger partial charge in [0.2, 0.25) is 5.88 Å². The standard InChI is InChI=1S/C16H19ClN2O/c1-11(2)18-10-13-5-4-6-16(19-13)20-15-9-12(3)7-8-14(15)17/h4-9,11,18H,10H2,1-3H3. The number of ether oxygens (including phenoxy) is 1. The van der Waals surface area contributed by atoms with Gasteiger partial charge in [0.25, 0.3) is 0 Å². The minimum Gasteiger partial charge on any atom is -0.437 e. The lowest BCUT2D eigenvalue weighted by molar-refractivity contribution is 0.458. The Balaban J connectivity index is 2.13. The molecule has 1 heterocycles. The molecule has 0 saturated heterocycles. The minimum absolute atomic E-state index is 0.424. The van der Waals surface area contributed by atoms with Gasteiger partial charge < -0.3 is 10.1 Å². The molecule has 1 N–H and O–H groups in total. The van der Waals surface area contributed by atoms with Gasteiger partial charge in [-0.3, -0.25) is 0 Å². The first-order valence-electron chi connectivity index (χ1n) is 6.68. The highest BCUT2D eigenvalue weighted by molar-refractivity contribution is 6.32. The van der Waals surface area contributed by atoms with Gasteiger partial charge in [-0.25, -0.2) is 4.98 Å². The van der Waals surface area contributed by atoms with Gasteiger partial charge in [-0.15, -0.1) is 0 Å². The summed E-state index contributed by atoms with van der Waals surface area (Å²) in [6, 6.07) is 11.8. The zero-order chi connectivity index (χ0) is 14.5. The van der Waals surface area contributed by atoms with Crippen molar-refractivity contribution >= 4 is 11.6 Å². The monoisotopic (exact) mass is 290 g/mol. The molecule has 2 rings (SSSR count). The van der Waals surface area contributed by atoms with E-state index in [2.05, 4.69) is 24.1 Å². The molecule has 3 nitrogen and oxygen atoms in total. The number of pyridine rings is 1. The normalized spacial score (nSPS) is 10.8. The molecule has 1 aromatic heterocycles. The van der Waals surface area contributed by atoms with Crippen LogP contribution in [0.15, 0.2) is 36.4 Å². The van der Waals surface area contributed by atoms with Crippen LogP contribution in [0.4, 0.5) is 0 Å². The van der Waals surface area contributed by atoms with Crippen LogP contribution in [0.1, 0.15) is 25.1 Å². The summed E-state index contributed by atoms with van der Waals surface area (Å²) in [6.45, 7) is 6.93. The van der Waals surface area contributed by atoms with Crippen LogP contribution in [0.25, 0.3) is 0 Å². The van der Waals surface area contributed by atoms with Crippen molar-refractivity contribution in [2.45, 2.75) is 33.4 Å². The number of nitrogens with zero attached hydrogens (tertiary/aromatic N) is 1. The van der Waals surface area contributed by atoms with E-state index in [4.69, 9.17) is 16.3 Å². The summed E-state index contributed by atoms with van der Waals surface area (Å²) < 4.78 is 5.77. The Morgan fingerprint density at radius 2 is 2.05 bits per heavy atom. The molecular formula is C16H19ClN2O. The number of hydrogen-bond donors (Lipinski definition) is 1. The summed E-state index contributed by atoms with van der Waals surface area (Å²) in [5, 5.41) is 3.92. The Bertz CT molecular complexity index is 584. The molecule has 0 fully saturated rings. The molecule has 0 aliphatic carbocycles. The second-order valence-electron chi connectivity index (χ2n) is 5.04. The number of aromatic nitrogens is 1. The van der Waals surface area contributed by atoms with Crippen molar-refractivity contribution in [2.75, 3.05) is 0 Å². The third kappa shape index (κ3) is 4.22. The Morgan fingerprint density at radius 3 is 2.80 bits per heavy atom. The fraction of sp³-hybridized carbons (Fsp3) is 0.312. The van der Waals surface area contributed by atoms with Crippen LogP contribution in [0.3, 0.4) is 0 Å². The Morgan fingerprint density at radius 1 is 1.25 bits per heavy atom. The van der Waals surface area contributed by atoms with E-state index < -0.39 is 0 Å². The molecule has 0 spiro atoms. The van der Waals surface area contributed by atoms with Gasteiger partial charge in [-0.1, -0.05) is 37.6 Å². The van der Waals surface area contributed by atoms with Gasteiger partial charge >= 0.3 is 0 Å². The molecule has 4 heteroatoms. The highest BCUT2D eigenvalue weighted by Gasteiger charge is 2.05. The van der Waals surface area contributed by atoms with Crippen LogP contribution in [0.2, 0.25) is 5.02 Å². The van der Waals surface area contributed by atoms with Crippen LogP contribution in [-0.4, -0.2) is 11.0 Å². The molecule has 20 heavy (non-hydrogen) atoms. The number of hydrogen-bond acceptors (Lipinski definition) is 3. The van der Waals surface area contributed by atoms with E-state index >= 15 is 0 Å². The fourth-order valence-corrected chi connectivity index (χ4v) is 1.88. The summed E-state index contributed by atoms with van der Waals surface area (Å²) in [5.74, 6) is 1.19. The molecule has 0 aliphatic rings. The largest absolute Gasteiger partial charge is 0.437 e. The maximum Gasteiger partial charge on any atom is 0.219 e. The van der Waals surface area contributed by atoms with Crippen LogP contribution in [0, 0.1) is 6.92 Å². The van der Waals surface area contributed by atoms with Crippen molar-refractivity contribution < 1.29 is 4.74 Å². The lowest BCUT2D eigenvalue weighted by Gasteiger charge is -2.10. The van der Waals surface area contributed by atoms with Crippen LogP contribution in [0.5, 0.6) is 11.6 Å². The molecule has 0 saturated carbocycles. The average Bonchev–Trinajstić information content (AvgIpc) is 2.41. The Labute approximate surface area is 124 Å². The molecule has 0 amide bonds. The van der Waals surface area contributed by atoms with Gasteiger partial charge in [-0.05, 0) is 30.7 Å². The fourth-order valence-electron chi connectivity index (χ4n) is 1.72. The minimum atomic E-state index is 0.424. The number of halogens is 1. The Kier molecular flexibility index (Phi) is 4.99. The van der Waals surface area contributed by atoms with Crippen molar-refractivity contribution in [3.63, 3.8) is 0 Å². The summed E-state index contributed by atoms with van der Waals surface area (Å²) >= 11 is 6.12. The molecular weight excluding hydrogens is 272 g/mol.